The van der Waals surface area contributed by atoms with Crippen molar-refractivity contribution in [2.45, 2.75) is 0 Å². The Morgan fingerprint density at radius 2 is 1.60 bits per heavy atom. The Kier molecular flexibility index (Phi) is 111. The first kappa shape index (κ1) is 18.8. The molecule has 0 aromatic heterocycles. The van der Waals surface area contributed by atoms with E-state index in [9.17, 15) is 0 Å². The molecule has 0 spiro atoms. The van der Waals surface area contributed by atoms with Crippen LogP contribution in [-0.4, -0.2) is 6.08 Å². The van der Waals surface area contributed by atoms with Crippen molar-refractivity contribution >= 4 is 6.08 Å². The van der Waals surface area contributed by atoms with Gasteiger partial charge in [0.2, 0.25) is 6.08 Å². The van der Waals surface area contributed by atoms with E-state index in [4.69, 9.17) is 10.2 Å². The molecule has 0 heterocycles. The molecule has 0 unspecified atom stereocenters. The first-order chi connectivity index (χ1) is 1.41. The Labute approximate surface area is 49.0 Å². The molecule has 0 bridgehead atoms. The van der Waals surface area contributed by atoms with Crippen LogP contribution in [0.15, 0.2) is 0 Å². The predicted octanol–water partition coefficient (Wildman–Crippen LogP) is 0.0605. The van der Waals surface area contributed by atoms with Gasteiger partial charge in [0.15, 0.2) is 0 Å². The molecule has 4 heteroatoms. The summed E-state index contributed by atoms with van der Waals surface area (Å²) >= 11 is 0. The van der Waals surface area contributed by atoms with E-state index in [-0.39, 0.29) is 32.4 Å². The fourth-order valence-electron chi connectivity index (χ4n) is 0. The quantitative estimate of drug-likeness (QED) is 0.379. The van der Waals surface area contributed by atoms with Crippen LogP contribution < -0.4 is 6.15 Å². The van der Waals surface area contributed by atoms with Crippen LogP contribution in [0, 0.1) is 5.41 Å². The number of carbonyl (C=O) groups excluding carboxylic acids is 1. The molecule has 0 aliphatic carbocycles. The minimum absolute atomic E-state index is 0. The average molecular weight is 151 g/mol. The zero-order valence-electron chi connectivity index (χ0n) is 2.62. The summed E-state index contributed by atoms with van der Waals surface area (Å²) in [7, 11) is 0. The van der Waals surface area contributed by atoms with Crippen LogP contribution in [0.5, 0.6) is 0 Å². The summed E-state index contributed by atoms with van der Waals surface area (Å²) in [4.78, 5) is 8.35. The fourth-order valence-corrected chi connectivity index (χ4v) is 0. The van der Waals surface area contributed by atoms with Gasteiger partial charge in [0.1, 0.15) is 0 Å². The predicted molar refractivity (Wildman–Crippen MR) is 13.4 cm³/mol. The van der Waals surface area contributed by atoms with Crippen molar-refractivity contribution in [1.82, 2.24) is 6.15 Å². The van der Waals surface area contributed by atoms with Crippen LogP contribution >= 0.6 is 0 Å². The van der Waals surface area contributed by atoms with Crippen molar-refractivity contribution in [2.24, 2.45) is 0 Å². The molecule has 0 fully saturated rings. The Hall–Kier alpha value is 0.223. The van der Waals surface area contributed by atoms with Gasteiger partial charge in [-0.15, -0.1) is 0 Å². The fraction of sp³-hybridized carbons (Fsp3) is 0. The van der Waals surface area contributed by atoms with Crippen LogP contribution in [0.2, 0.25) is 0 Å². The molecule has 0 amide bonds. The standard InChI is InChI=1S/CHNO.H3N.Zr/c2-1-3;;/h2H;1H3;. The van der Waals surface area contributed by atoms with Gasteiger partial charge in [-0.2, -0.15) is 0 Å². The first-order valence-corrected chi connectivity index (χ1v) is 0.454. The molecule has 0 aliphatic heterocycles. The summed E-state index contributed by atoms with van der Waals surface area (Å²) in [6, 6.07) is 0. The number of rotatable bonds is 0. The number of hydrogen-bond acceptors (Lipinski definition) is 3. The SMILES string of the molecule is N.N=C=O.[Zr]. The van der Waals surface area contributed by atoms with Gasteiger partial charge in [-0.1, -0.05) is 0 Å². The molecule has 4 N–H and O–H groups in total. The summed E-state index contributed by atoms with van der Waals surface area (Å²) in [5.41, 5.74) is 0. The zero-order chi connectivity index (χ0) is 2.71. The maximum absolute atomic E-state index is 8.35. The maximum Gasteiger partial charge on any atom is 0.231 e. The summed E-state index contributed by atoms with van der Waals surface area (Å²) in [6.45, 7) is 0. The van der Waals surface area contributed by atoms with Crippen molar-refractivity contribution in [3.63, 3.8) is 0 Å². The van der Waals surface area contributed by atoms with E-state index in [1.807, 2.05) is 0 Å². The minimum Gasteiger partial charge on any atom is -0.344 e. The molecule has 0 radical (unpaired) electrons. The molecule has 0 rings (SSSR count). The first-order valence-electron chi connectivity index (χ1n) is 0.454. The van der Waals surface area contributed by atoms with Crippen LogP contribution in [0.3, 0.4) is 0 Å². The molecule has 0 aromatic carbocycles. The second kappa shape index (κ2) is 29.3. The summed E-state index contributed by atoms with van der Waals surface area (Å²) in [5.74, 6) is 0. The molecule has 0 saturated carbocycles. The normalized spacial score (nSPS) is 1.60. The molecule has 3 nitrogen and oxygen atoms in total. The summed E-state index contributed by atoms with van der Waals surface area (Å²) in [6.07, 6.45) is 0.750. The van der Waals surface area contributed by atoms with E-state index in [0.717, 1.165) is 6.08 Å². The third-order valence-electron chi connectivity index (χ3n) is 0. The second-order valence-electron chi connectivity index (χ2n) is 0.102. The molecule has 0 saturated heterocycles. The van der Waals surface area contributed by atoms with Crippen molar-refractivity contribution in [3.8, 4) is 0 Å². The molecule has 0 aliphatic rings. The Bertz CT molecular complexity index is 30.6. The van der Waals surface area contributed by atoms with Crippen LogP contribution in [0.25, 0.3) is 0 Å². The Morgan fingerprint density at radius 3 is 1.60 bits per heavy atom. The number of hydrogen-bond donors (Lipinski definition) is 2. The Balaban J connectivity index is -0.0000000200. The summed E-state index contributed by atoms with van der Waals surface area (Å²) < 4.78 is 0. The Morgan fingerprint density at radius 1 is 1.60 bits per heavy atom. The van der Waals surface area contributed by atoms with E-state index in [0.29, 0.717) is 0 Å². The largest absolute Gasteiger partial charge is 0.344 e. The third kappa shape index (κ3) is 419. The van der Waals surface area contributed by atoms with E-state index >= 15 is 0 Å². The van der Waals surface area contributed by atoms with Crippen LogP contribution in [0.4, 0.5) is 0 Å². The van der Waals surface area contributed by atoms with Crippen LogP contribution in [0.1, 0.15) is 0 Å². The number of nitrogens with one attached hydrogen (secondary N) is 1. The van der Waals surface area contributed by atoms with Gasteiger partial charge in [-0.3, -0.25) is 0 Å². The maximum atomic E-state index is 8.35. The van der Waals surface area contributed by atoms with Crippen LogP contribution in [-0.2, 0) is 31.0 Å². The van der Waals surface area contributed by atoms with Gasteiger partial charge in [-0.05, 0) is 0 Å². The van der Waals surface area contributed by atoms with Gasteiger partial charge in [0.05, 0.1) is 0 Å². The minimum atomic E-state index is 0. The van der Waals surface area contributed by atoms with E-state index in [1.165, 1.54) is 0 Å². The van der Waals surface area contributed by atoms with Gasteiger partial charge >= 0.3 is 0 Å². The second-order valence-corrected chi connectivity index (χ2v) is 0.102. The molecule has 5 heavy (non-hydrogen) atoms. The van der Waals surface area contributed by atoms with Crippen molar-refractivity contribution < 1.29 is 31.0 Å². The van der Waals surface area contributed by atoms with Crippen molar-refractivity contribution in [1.29, 1.82) is 5.41 Å². The van der Waals surface area contributed by atoms with E-state index in [1.54, 1.807) is 0 Å². The summed E-state index contributed by atoms with van der Waals surface area (Å²) in [5, 5.41) is 5.40. The van der Waals surface area contributed by atoms with Gasteiger partial charge in [0.25, 0.3) is 0 Å². The average Bonchev–Trinajstić information content (AvgIpc) is 0.918. The van der Waals surface area contributed by atoms with E-state index in [2.05, 4.69) is 0 Å². The third-order valence-corrected chi connectivity index (χ3v) is 0. The smallest absolute Gasteiger partial charge is 0.231 e. The molecule has 28 valence electrons. The van der Waals surface area contributed by atoms with E-state index < -0.39 is 0 Å². The molecule has 0 aromatic rings. The topological polar surface area (TPSA) is 75.9 Å². The number of isocyanates is 1. The molecular formula is CH4N2OZr. The molecule has 0 atom stereocenters. The monoisotopic (exact) mass is 150 g/mol. The van der Waals surface area contributed by atoms with Crippen molar-refractivity contribution in [3.05, 3.63) is 0 Å². The van der Waals surface area contributed by atoms with Gasteiger partial charge in [-0.25, -0.2) is 10.2 Å². The van der Waals surface area contributed by atoms with Gasteiger partial charge < -0.3 is 6.15 Å². The van der Waals surface area contributed by atoms with Crippen molar-refractivity contribution in [2.75, 3.05) is 0 Å². The van der Waals surface area contributed by atoms with Gasteiger partial charge in [0, 0.05) is 26.2 Å². The zero-order valence-corrected chi connectivity index (χ0v) is 5.07. The molecular weight excluding hydrogens is 147 g/mol.